The molecule has 1 saturated carbocycles. The fraction of sp³-hybridized carbons (Fsp3) is 0.364. The molecule has 2 aliphatic rings. The fourth-order valence-corrected chi connectivity index (χ4v) is 7.77. The number of rotatable bonds is 11. The molecular weight excluding hydrogens is 575 g/mol. The molecule has 1 aliphatic carbocycles. The lowest BCUT2D eigenvalue weighted by atomic mass is 9.67. The molecule has 1 amide bonds. The zero-order valence-corrected chi connectivity index (χ0v) is 25.5. The van der Waals surface area contributed by atoms with E-state index in [0.717, 1.165) is 29.5 Å². The fourth-order valence-electron chi connectivity index (χ4n) is 6.28. The number of halogens is 2. The number of amides is 1. The van der Waals surface area contributed by atoms with Gasteiger partial charge in [-0.15, -0.1) is 6.58 Å². The highest BCUT2D eigenvalue weighted by Gasteiger charge is 2.53. The first-order valence-corrected chi connectivity index (χ1v) is 16.5. The van der Waals surface area contributed by atoms with Gasteiger partial charge < -0.3 is 4.90 Å². The molecule has 0 spiro atoms. The van der Waals surface area contributed by atoms with Crippen molar-refractivity contribution in [1.29, 1.82) is 0 Å². The standard InChI is InChI=1S/C33H36Cl2N2O3S/c1-3-18-33(2)20-29(26-10-7-11-28(35)19-26)31(25-14-16-27(34)17-15-25)37(32(33)38)30(24-12-13-24)21-36-41(39,40)22-23-8-5-4-6-9-23/h3-11,14-17,19,24,29-31,36H,1,12-13,18,20-22H2,2H3/t29-,30-,31?,33+/m1/s1. The van der Waals surface area contributed by atoms with Crippen LogP contribution in [0.3, 0.4) is 0 Å². The summed E-state index contributed by atoms with van der Waals surface area (Å²) in [6.07, 6.45) is 4.83. The molecule has 5 rings (SSSR count). The summed E-state index contributed by atoms with van der Waals surface area (Å²) >= 11 is 12.8. The van der Waals surface area contributed by atoms with Crippen LogP contribution in [0.1, 0.15) is 61.3 Å². The molecule has 2 fully saturated rings. The molecule has 216 valence electrons. The lowest BCUT2D eigenvalue weighted by Crippen LogP contribution is -2.58. The molecule has 4 atom stereocenters. The van der Waals surface area contributed by atoms with Crippen LogP contribution in [0.4, 0.5) is 0 Å². The Morgan fingerprint density at radius 3 is 2.34 bits per heavy atom. The number of carbonyl (C=O) groups is 1. The lowest BCUT2D eigenvalue weighted by molar-refractivity contribution is -0.155. The van der Waals surface area contributed by atoms with Crippen LogP contribution in [0.2, 0.25) is 10.0 Å². The van der Waals surface area contributed by atoms with Crippen molar-refractivity contribution >= 4 is 39.1 Å². The Labute approximate surface area is 253 Å². The van der Waals surface area contributed by atoms with E-state index in [1.54, 1.807) is 12.1 Å². The van der Waals surface area contributed by atoms with Gasteiger partial charge in [0.25, 0.3) is 0 Å². The van der Waals surface area contributed by atoms with E-state index >= 15 is 0 Å². The van der Waals surface area contributed by atoms with Gasteiger partial charge in [0.1, 0.15) is 0 Å². The van der Waals surface area contributed by atoms with Crippen molar-refractivity contribution in [2.75, 3.05) is 6.54 Å². The van der Waals surface area contributed by atoms with E-state index in [0.29, 0.717) is 22.9 Å². The second-order valence-electron chi connectivity index (χ2n) is 11.6. The highest BCUT2D eigenvalue weighted by atomic mass is 35.5. The van der Waals surface area contributed by atoms with Crippen molar-refractivity contribution in [3.05, 3.63) is 118 Å². The third-order valence-electron chi connectivity index (χ3n) is 8.42. The molecule has 1 saturated heterocycles. The Morgan fingerprint density at radius 1 is 1.00 bits per heavy atom. The highest BCUT2D eigenvalue weighted by Crippen LogP contribution is 2.54. The molecule has 8 heteroatoms. The van der Waals surface area contributed by atoms with Crippen molar-refractivity contribution in [1.82, 2.24) is 9.62 Å². The number of nitrogens with zero attached hydrogens (tertiary/aromatic N) is 1. The van der Waals surface area contributed by atoms with Crippen LogP contribution in [0.25, 0.3) is 0 Å². The van der Waals surface area contributed by atoms with Crippen LogP contribution in [-0.4, -0.2) is 31.8 Å². The maximum absolute atomic E-state index is 14.6. The molecule has 0 aromatic heterocycles. The van der Waals surface area contributed by atoms with Gasteiger partial charge in [0.2, 0.25) is 15.9 Å². The first kappa shape index (κ1) is 29.8. The van der Waals surface area contributed by atoms with Crippen LogP contribution in [0.15, 0.2) is 91.5 Å². The van der Waals surface area contributed by atoms with Gasteiger partial charge in [0, 0.05) is 28.5 Å². The van der Waals surface area contributed by atoms with E-state index in [4.69, 9.17) is 23.2 Å². The van der Waals surface area contributed by atoms with Crippen molar-refractivity contribution in [3.8, 4) is 0 Å². The predicted octanol–water partition coefficient (Wildman–Crippen LogP) is 7.53. The lowest BCUT2D eigenvalue weighted by Gasteiger charge is -2.52. The summed E-state index contributed by atoms with van der Waals surface area (Å²) in [6.45, 7) is 6.12. The van der Waals surface area contributed by atoms with E-state index in [2.05, 4.69) is 17.4 Å². The summed E-state index contributed by atoms with van der Waals surface area (Å²) in [6, 6.07) is 24.0. The molecule has 1 aliphatic heterocycles. The second kappa shape index (κ2) is 12.3. The molecule has 3 aromatic carbocycles. The molecule has 0 bridgehead atoms. The monoisotopic (exact) mass is 610 g/mol. The maximum atomic E-state index is 14.6. The molecule has 5 nitrogen and oxygen atoms in total. The van der Waals surface area contributed by atoms with Gasteiger partial charge in [-0.2, -0.15) is 0 Å². The average molecular weight is 612 g/mol. The van der Waals surface area contributed by atoms with Crippen LogP contribution in [0, 0.1) is 11.3 Å². The number of likely N-dealkylation sites (tertiary alicyclic amines) is 1. The Hall–Kier alpha value is -2.64. The van der Waals surface area contributed by atoms with E-state index < -0.39 is 15.4 Å². The van der Waals surface area contributed by atoms with E-state index in [9.17, 15) is 13.2 Å². The second-order valence-corrected chi connectivity index (χ2v) is 14.3. The Morgan fingerprint density at radius 2 is 1.71 bits per heavy atom. The number of hydrogen-bond acceptors (Lipinski definition) is 3. The minimum atomic E-state index is -3.63. The summed E-state index contributed by atoms with van der Waals surface area (Å²) in [4.78, 5) is 16.6. The molecule has 1 unspecified atom stereocenters. The summed E-state index contributed by atoms with van der Waals surface area (Å²) in [5, 5.41) is 1.25. The summed E-state index contributed by atoms with van der Waals surface area (Å²) in [5.41, 5.74) is 2.03. The van der Waals surface area contributed by atoms with Crippen LogP contribution >= 0.6 is 23.2 Å². The maximum Gasteiger partial charge on any atom is 0.229 e. The largest absolute Gasteiger partial charge is 0.330 e. The highest BCUT2D eigenvalue weighted by molar-refractivity contribution is 7.88. The van der Waals surface area contributed by atoms with Crippen LogP contribution in [0.5, 0.6) is 0 Å². The zero-order valence-electron chi connectivity index (χ0n) is 23.2. The SMILES string of the molecule is C=CC[C@@]1(C)C[C@H](c2cccc(Cl)c2)C(c2ccc(Cl)cc2)N([C@H](CNS(=O)(=O)Cc2ccccc2)C2CC2)C1=O. The number of benzene rings is 3. The van der Waals surface area contributed by atoms with Crippen molar-refractivity contribution < 1.29 is 13.2 Å². The van der Waals surface area contributed by atoms with E-state index in [1.807, 2.05) is 78.6 Å². The van der Waals surface area contributed by atoms with E-state index in [1.165, 1.54) is 0 Å². The van der Waals surface area contributed by atoms with Crippen molar-refractivity contribution in [2.24, 2.45) is 11.3 Å². The summed E-state index contributed by atoms with van der Waals surface area (Å²) < 4.78 is 29.3. The normalized spacial score (nSPS) is 23.8. The molecular formula is C33H36Cl2N2O3S. The predicted molar refractivity (Wildman–Crippen MR) is 166 cm³/mol. The number of sulfonamides is 1. The molecule has 3 aromatic rings. The summed E-state index contributed by atoms with van der Waals surface area (Å²) in [5.74, 6) is 0.0489. The third-order valence-corrected chi connectivity index (χ3v) is 10.2. The number of carbonyl (C=O) groups excluding carboxylic acids is 1. The molecule has 1 heterocycles. The zero-order chi connectivity index (χ0) is 29.2. The quantitative estimate of drug-likeness (QED) is 0.228. The van der Waals surface area contributed by atoms with Gasteiger partial charge in [-0.3, -0.25) is 4.79 Å². The molecule has 0 radical (unpaired) electrons. The number of hydrogen-bond donors (Lipinski definition) is 1. The Kier molecular flexibility index (Phi) is 8.95. The Balaban J connectivity index is 1.56. The van der Waals surface area contributed by atoms with E-state index in [-0.39, 0.29) is 42.1 Å². The molecule has 1 N–H and O–H groups in total. The van der Waals surface area contributed by atoms with Gasteiger partial charge >= 0.3 is 0 Å². The van der Waals surface area contributed by atoms with Crippen LogP contribution in [-0.2, 0) is 20.6 Å². The number of piperidine rings is 1. The van der Waals surface area contributed by atoms with Gasteiger partial charge in [-0.1, -0.05) is 90.8 Å². The van der Waals surface area contributed by atoms with Gasteiger partial charge in [-0.05, 0) is 72.6 Å². The average Bonchev–Trinajstić information content (AvgIpc) is 3.77. The smallest absolute Gasteiger partial charge is 0.229 e. The molecule has 41 heavy (non-hydrogen) atoms. The van der Waals surface area contributed by atoms with Crippen LogP contribution < -0.4 is 4.72 Å². The third kappa shape index (κ3) is 6.89. The number of nitrogens with one attached hydrogen (secondary N) is 1. The topological polar surface area (TPSA) is 66.5 Å². The summed E-state index contributed by atoms with van der Waals surface area (Å²) in [7, 11) is -3.63. The Bertz CT molecular complexity index is 1490. The van der Waals surface area contributed by atoms with Gasteiger partial charge in [0.15, 0.2) is 0 Å². The van der Waals surface area contributed by atoms with Crippen molar-refractivity contribution in [2.45, 2.75) is 56.4 Å². The van der Waals surface area contributed by atoms with Gasteiger partial charge in [-0.25, -0.2) is 13.1 Å². The first-order chi connectivity index (χ1) is 19.6. The first-order valence-electron chi connectivity index (χ1n) is 14.1. The minimum Gasteiger partial charge on any atom is -0.330 e. The van der Waals surface area contributed by atoms with Crippen molar-refractivity contribution in [3.63, 3.8) is 0 Å². The van der Waals surface area contributed by atoms with Gasteiger partial charge in [0.05, 0.1) is 17.2 Å². The number of allylic oxidation sites excluding steroid dienone is 1. The minimum absolute atomic E-state index is 0.0229.